The van der Waals surface area contributed by atoms with Crippen LogP contribution in [0.1, 0.15) is 26.7 Å². The third-order valence-electron chi connectivity index (χ3n) is 2.82. The summed E-state index contributed by atoms with van der Waals surface area (Å²) in [5.41, 5.74) is 1.54. The second-order valence-electron chi connectivity index (χ2n) is 3.90. The van der Waals surface area contributed by atoms with Gasteiger partial charge in [0.05, 0.1) is 12.7 Å². The lowest BCUT2D eigenvalue weighted by molar-refractivity contribution is 0.0455. The summed E-state index contributed by atoms with van der Waals surface area (Å²) in [5, 5.41) is 13.1. The number of aromatic nitrogens is 3. The lowest BCUT2D eigenvalue weighted by Gasteiger charge is -2.25. The molecule has 0 saturated heterocycles. The maximum Gasteiger partial charge on any atom is 0.322 e. The molecular formula is C10H20N6O2. The number of anilines is 2. The Balaban J connectivity index is 2.78. The molecule has 1 aromatic heterocycles. The van der Waals surface area contributed by atoms with Crippen LogP contribution in [0.5, 0.6) is 6.01 Å². The van der Waals surface area contributed by atoms with Crippen LogP contribution in [0.3, 0.4) is 0 Å². The van der Waals surface area contributed by atoms with Gasteiger partial charge in [-0.1, -0.05) is 13.8 Å². The molecule has 0 fully saturated rings. The number of nitrogens with two attached hydrogens (primary N) is 1. The van der Waals surface area contributed by atoms with E-state index in [2.05, 4.69) is 25.7 Å². The Morgan fingerprint density at radius 2 is 1.83 bits per heavy atom. The summed E-state index contributed by atoms with van der Waals surface area (Å²) in [6.45, 7) is 4.19. The molecule has 1 rings (SSSR count). The molecular weight excluding hydrogens is 236 g/mol. The van der Waals surface area contributed by atoms with Gasteiger partial charge in [-0.15, -0.1) is 0 Å². The summed E-state index contributed by atoms with van der Waals surface area (Å²) in [5.74, 6) is 5.74. The zero-order chi connectivity index (χ0) is 13.6. The molecule has 0 amide bonds. The Bertz CT molecular complexity index is 360. The number of hydrogen-bond donors (Lipinski definition) is 4. The van der Waals surface area contributed by atoms with Crippen molar-refractivity contribution < 1.29 is 9.84 Å². The fourth-order valence-electron chi connectivity index (χ4n) is 1.33. The number of nitrogens with zero attached hydrogens (tertiary/aromatic N) is 3. The van der Waals surface area contributed by atoms with Gasteiger partial charge in [0.25, 0.3) is 0 Å². The molecule has 0 saturated carbocycles. The maximum absolute atomic E-state index is 10.1. The number of ether oxygens (including phenoxy) is 1. The molecule has 0 aliphatic rings. The monoisotopic (exact) mass is 256 g/mol. The van der Waals surface area contributed by atoms with E-state index in [1.54, 1.807) is 0 Å². The number of nitrogen functional groups attached to an aromatic ring is 1. The highest BCUT2D eigenvalue weighted by Crippen LogP contribution is 2.16. The van der Waals surface area contributed by atoms with Crippen molar-refractivity contribution in [3.05, 3.63) is 0 Å². The standard InChI is InChI=1S/C10H20N6O2/c1-4-10(17,5-2)6-12-7-13-8(16-11)15-9(14-7)18-3/h17H,4-6,11H2,1-3H3,(H2,12,13,14,15,16). The zero-order valence-electron chi connectivity index (χ0n) is 10.9. The number of methoxy groups -OCH3 is 1. The first kappa shape index (κ1) is 14.4. The molecule has 1 aromatic rings. The Labute approximate surface area is 106 Å². The van der Waals surface area contributed by atoms with Crippen molar-refractivity contribution in [1.29, 1.82) is 0 Å². The topological polar surface area (TPSA) is 118 Å². The first-order chi connectivity index (χ1) is 8.56. The van der Waals surface area contributed by atoms with Crippen LogP contribution < -0.4 is 21.3 Å². The molecule has 8 heteroatoms. The van der Waals surface area contributed by atoms with Gasteiger partial charge in [0.15, 0.2) is 0 Å². The molecule has 0 bridgehead atoms. The van der Waals surface area contributed by atoms with Crippen LogP contribution in [0.4, 0.5) is 11.9 Å². The van der Waals surface area contributed by atoms with E-state index in [1.807, 2.05) is 13.8 Å². The average molecular weight is 256 g/mol. The minimum Gasteiger partial charge on any atom is -0.467 e. The number of nitrogens with one attached hydrogen (secondary N) is 2. The van der Waals surface area contributed by atoms with E-state index in [0.717, 1.165) is 0 Å². The van der Waals surface area contributed by atoms with Gasteiger partial charge in [-0.05, 0) is 12.8 Å². The molecule has 0 aromatic carbocycles. The summed E-state index contributed by atoms with van der Waals surface area (Å²) in [6.07, 6.45) is 1.28. The van der Waals surface area contributed by atoms with Gasteiger partial charge in [-0.25, -0.2) is 5.84 Å². The van der Waals surface area contributed by atoms with Crippen LogP contribution in [0.15, 0.2) is 0 Å². The Morgan fingerprint density at radius 1 is 1.22 bits per heavy atom. The Morgan fingerprint density at radius 3 is 2.33 bits per heavy atom. The zero-order valence-corrected chi connectivity index (χ0v) is 10.9. The van der Waals surface area contributed by atoms with Crippen molar-refractivity contribution in [2.45, 2.75) is 32.3 Å². The van der Waals surface area contributed by atoms with Crippen molar-refractivity contribution in [2.75, 3.05) is 24.4 Å². The van der Waals surface area contributed by atoms with Crippen molar-refractivity contribution in [3.63, 3.8) is 0 Å². The minimum atomic E-state index is -0.782. The molecule has 102 valence electrons. The van der Waals surface area contributed by atoms with Gasteiger partial charge in [0, 0.05) is 6.54 Å². The molecule has 0 atom stereocenters. The van der Waals surface area contributed by atoms with Crippen molar-refractivity contribution in [3.8, 4) is 6.01 Å². The SMILES string of the molecule is CCC(O)(CC)CNc1nc(NN)nc(OC)n1. The second-order valence-corrected chi connectivity index (χ2v) is 3.90. The highest BCUT2D eigenvalue weighted by atomic mass is 16.5. The van der Waals surface area contributed by atoms with Crippen LogP contribution >= 0.6 is 0 Å². The van der Waals surface area contributed by atoms with E-state index in [1.165, 1.54) is 7.11 Å². The van der Waals surface area contributed by atoms with E-state index in [-0.39, 0.29) is 12.0 Å². The van der Waals surface area contributed by atoms with Crippen LogP contribution in [-0.4, -0.2) is 39.3 Å². The summed E-state index contributed by atoms with van der Waals surface area (Å²) in [4.78, 5) is 11.9. The third kappa shape index (κ3) is 3.67. The second kappa shape index (κ2) is 6.31. The van der Waals surface area contributed by atoms with Crippen LogP contribution in [0.2, 0.25) is 0 Å². The number of hydrazine groups is 1. The first-order valence-corrected chi connectivity index (χ1v) is 5.79. The molecule has 0 radical (unpaired) electrons. The van der Waals surface area contributed by atoms with Gasteiger partial charge in [0.2, 0.25) is 11.9 Å². The number of rotatable bonds is 7. The summed E-state index contributed by atoms with van der Waals surface area (Å²) in [7, 11) is 1.45. The van der Waals surface area contributed by atoms with Crippen LogP contribution in [0.25, 0.3) is 0 Å². The molecule has 8 nitrogen and oxygen atoms in total. The summed E-state index contributed by atoms with van der Waals surface area (Å²) in [6, 6.07) is 0.150. The molecule has 0 unspecified atom stereocenters. The Kier molecular flexibility index (Phi) is 5.05. The fraction of sp³-hybridized carbons (Fsp3) is 0.700. The highest BCUT2D eigenvalue weighted by molar-refractivity contribution is 5.35. The van der Waals surface area contributed by atoms with E-state index >= 15 is 0 Å². The fourth-order valence-corrected chi connectivity index (χ4v) is 1.33. The van der Waals surface area contributed by atoms with Crippen molar-refractivity contribution in [2.24, 2.45) is 5.84 Å². The normalized spacial score (nSPS) is 11.2. The molecule has 0 aliphatic heterocycles. The van der Waals surface area contributed by atoms with Gasteiger partial charge >= 0.3 is 6.01 Å². The van der Waals surface area contributed by atoms with E-state index in [4.69, 9.17) is 10.6 Å². The molecule has 1 heterocycles. The van der Waals surface area contributed by atoms with Crippen LogP contribution in [0, 0.1) is 0 Å². The third-order valence-corrected chi connectivity index (χ3v) is 2.82. The largest absolute Gasteiger partial charge is 0.467 e. The van der Waals surface area contributed by atoms with E-state index in [9.17, 15) is 5.11 Å². The predicted molar refractivity (Wildman–Crippen MR) is 68.2 cm³/mol. The lowest BCUT2D eigenvalue weighted by atomic mass is 9.98. The predicted octanol–water partition coefficient (Wildman–Crippen LogP) is 0.129. The first-order valence-electron chi connectivity index (χ1n) is 5.79. The number of aliphatic hydroxyl groups is 1. The van der Waals surface area contributed by atoms with Gasteiger partial charge in [0.1, 0.15) is 0 Å². The van der Waals surface area contributed by atoms with Crippen LogP contribution in [-0.2, 0) is 0 Å². The highest BCUT2D eigenvalue weighted by Gasteiger charge is 2.22. The summed E-state index contributed by atoms with van der Waals surface area (Å²) < 4.78 is 4.92. The molecule has 0 aliphatic carbocycles. The van der Waals surface area contributed by atoms with Gasteiger partial charge in [-0.2, -0.15) is 15.0 Å². The smallest absolute Gasteiger partial charge is 0.322 e. The Hall–Kier alpha value is -1.67. The minimum absolute atomic E-state index is 0.150. The molecule has 0 spiro atoms. The number of hydrogen-bond acceptors (Lipinski definition) is 8. The average Bonchev–Trinajstić information content (AvgIpc) is 2.44. The molecule has 5 N–H and O–H groups in total. The maximum atomic E-state index is 10.1. The van der Waals surface area contributed by atoms with E-state index < -0.39 is 5.60 Å². The van der Waals surface area contributed by atoms with E-state index in [0.29, 0.717) is 25.3 Å². The van der Waals surface area contributed by atoms with Crippen molar-refractivity contribution in [1.82, 2.24) is 15.0 Å². The lowest BCUT2D eigenvalue weighted by Crippen LogP contribution is -2.35. The van der Waals surface area contributed by atoms with Gasteiger partial charge in [-0.3, -0.25) is 5.43 Å². The summed E-state index contributed by atoms with van der Waals surface area (Å²) >= 11 is 0. The quantitative estimate of drug-likeness (QED) is 0.401. The van der Waals surface area contributed by atoms with Crippen molar-refractivity contribution >= 4 is 11.9 Å². The molecule has 18 heavy (non-hydrogen) atoms. The van der Waals surface area contributed by atoms with Gasteiger partial charge < -0.3 is 15.2 Å².